The van der Waals surface area contributed by atoms with Crippen molar-refractivity contribution in [1.29, 1.82) is 0 Å². The second kappa shape index (κ2) is 6.41. The van der Waals surface area contributed by atoms with Crippen LogP contribution in [0.3, 0.4) is 0 Å². The highest BCUT2D eigenvalue weighted by atomic mass is 16.5. The molecule has 1 unspecified atom stereocenters. The van der Waals surface area contributed by atoms with Crippen molar-refractivity contribution in [3.05, 3.63) is 29.8 Å². The van der Waals surface area contributed by atoms with Crippen molar-refractivity contribution < 1.29 is 19.4 Å². The predicted octanol–water partition coefficient (Wildman–Crippen LogP) is 2.02. The van der Waals surface area contributed by atoms with Crippen molar-refractivity contribution in [3.63, 3.8) is 0 Å². The number of hydrogen-bond acceptors (Lipinski definition) is 3. The maximum Gasteiger partial charge on any atom is 0.303 e. The summed E-state index contributed by atoms with van der Waals surface area (Å²) >= 11 is 0. The van der Waals surface area contributed by atoms with Crippen LogP contribution >= 0.6 is 0 Å². The molecule has 5 nitrogen and oxygen atoms in total. The van der Waals surface area contributed by atoms with Crippen molar-refractivity contribution in [1.82, 2.24) is 4.90 Å². The topological polar surface area (TPSA) is 66.8 Å². The van der Waals surface area contributed by atoms with Crippen LogP contribution in [0, 0.1) is 5.92 Å². The van der Waals surface area contributed by atoms with Crippen LogP contribution in [0.15, 0.2) is 24.3 Å². The van der Waals surface area contributed by atoms with Gasteiger partial charge in [0.1, 0.15) is 5.75 Å². The van der Waals surface area contributed by atoms with Crippen LogP contribution in [0.2, 0.25) is 0 Å². The summed E-state index contributed by atoms with van der Waals surface area (Å²) in [6.07, 6.45) is 1.87. The van der Waals surface area contributed by atoms with Crippen molar-refractivity contribution >= 4 is 11.9 Å². The van der Waals surface area contributed by atoms with Gasteiger partial charge in [-0.25, -0.2) is 0 Å². The molecule has 0 bridgehead atoms. The van der Waals surface area contributed by atoms with Gasteiger partial charge in [0.05, 0.1) is 7.11 Å². The number of nitrogens with zero attached hydrogens (tertiary/aromatic N) is 1. The molecule has 20 heavy (non-hydrogen) atoms. The first-order valence-electron chi connectivity index (χ1n) is 6.75. The number of carboxylic acids is 1. The largest absolute Gasteiger partial charge is 0.497 e. The molecule has 108 valence electrons. The van der Waals surface area contributed by atoms with Crippen LogP contribution in [0.25, 0.3) is 0 Å². The van der Waals surface area contributed by atoms with Crippen molar-refractivity contribution in [2.45, 2.75) is 19.3 Å². The summed E-state index contributed by atoms with van der Waals surface area (Å²) in [6.45, 7) is 1.22. The number of amides is 1. The van der Waals surface area contributed by atoms with Gasteiger partial charge in [-0.05, 0) is 43.0 Å². The zero-order valence-electron chi connectivity index (χ0n) is 11.5. The Kier molecular flexibility index (Phi) is 4.61. The van der Waals surface area contributed by atoms with E-state index in [1.807, 2.05) is 0 Å². The molecule has 1 fully saturated rings. The second-order valence-corrected chi connectivity index (χ2v) is 5.09. The van der Waals surface area contributed by atoms with E-state index in [1.54, 1.807) is 36.3 Å². The van der Waals surface area contributed by atoms with E-state index in [0.29, 0.717) is 24.4 Å². The van der Waals surface area contributed by atoms with Gasteiger partial charge in [0.2, 0.25) is 0 Å². The zero-order chi connectivity index (χ0) is 14.5. The number of piperidine rings is 1. The van der Waals surface area contributed by atoms with Gasteiger partial charge in [0, 0.05) is 25.1 Å². The summed E-state index contributed by atoms with van der Waals surface area (Å²) in [6, 6.07) is 6.99. The predicted molar refractivity (Wildman–Crippen MR) is 73.9 cm³/mol. The van der Waals surface area contributed by atoms with Crippen molar-refractivity contribution in [3.8, 4) is 5.75 Å². The first kappa shape index (κ1) is 14.4. The number of carbonyl (C=O) groups excluding carboxylic acids is 1. The molecule has 1 atom stereocenters. The number of aliphatic carboxylic acids is 1. The van der Waals surface area contributed by atoms with Crippen LogP contribution in [-0.2, 0) is 4.79 Å². The van der Waals surface area contributed by atoms with Gasteiger partial charge in [0.15, 0.2) is 0 Å². The lowest BCUT2D eigenvalue weighted by Gasteiger charge is -2.32. The first-order valence-corrected chi connectivity index (χ1v) is 6.75. The summed E-state index contributed by atoms with van der Waals surface area (Å²) in [5.41, 5.74) is 0.613. The third kappa shape index (κ3) is 3.50. The quantitative estimate of drug-likeness (QED) is 0.914. The molecule has 1 saturated heterocycles. The molecule has 0 aliphatic carbocycles. The van der Waals surface area contributed by atoms with Crippen molar-refractivity contribution in [2.24, 2.45) is 5.92 Å². The molecule has 1 aromatic rings. The monoisotopic (exact) mass is 277 g/mol. The first-order chi connectivity index (χ1) is 9.60. The Morgan fingerprint density at radius 2 is 2.05 bits per heavy atom. The molecule has 1 aliphatic heterocycles. The Bertz CT molecular complexity index is 483. The molecule has 2 rings (SSSR count). The van der Waals surface area contributed by atoms with Gasteiger partial charge in [-0.15, -0.1) is 0 Å². The van der Waals surface area contributed by atoms with Crippen LogP contribution in [-0.4, -0.2) is 42.1 Å². The van der Waals surface area contributed by atoms with Gasteiger partial charge in [-0.2, -0.15) is 0 Å². The fourth-order valence-electron chi connectivity index (χ4n) is 2.58. The number of carboxylic acid groups (broad SMARTS) is 1. The lowest BCUT2D eigenvalue weighted by Crippen LogP contribution is -2.40. The van der Waals surface area contributed by atoms with E-state index in [0.717, 1.165) is 12.8 Å². The van der Waals surface area contributed by atoms with Gasteiger partial charge >= 0.3 is 5.97 Å². The van der Waals surface area contributed by atoms with Gasteiger partial charge in [0.25, 0.3) is 5.91 Å². The van der Waals surface area contributed by atoms with Crippen molar-refractivity contribution in [2.75, 3.05) is 20.2 Å². The summed E-state index contributed by atoms with van der Waals surface area (Å²) in [5.74, 6) is -0.0658. The molecule has 0 saturated carbocycles. The lowest BCUT2D eigenvalue weighted by molar-refractivity contribution is -0.138. The number of likely N-dealkylation sites (tertiary alicyclic amines) is 1. The van der Waals surface area contributed by atoms with E-state index in [-0.39, 0.29) is 18.2 Å². The normalized spacial score (nSPS) is 18.6. The minimum atomic E-state index is -0.797. The van der Waals surface area contributed by atoms with Gasteiger partial charge < -0.3 is 14.7 Å². The van der Waals surface area contributed by atoms with Crippen LogP contribution in [0.4, 0.5) is 0 Å². The highest BCUT2D eigenvalue weighted by Crippen LogP contribution is 2.22. The van der Waals surface area contributed by atoms with Crippen LogP contribution in [0.1, 0.15) is 29.6 Å². The Morgan fingerprint density at radius 3 is 2.65 bits per heavy atom. The number of rotatable bonds is 4. The Labute approximate surface area is 118 Å². The average molecular weight is 277 g/mol. The third-order valence-corrected chi connectivity index (χ3v) is 3.61. The minimum absolute atomic E-state index is 0.0391. The number of methoxy groups -OCH3 is 1. The van der Waals surface area contributed by atoms with Crippen LogP contribution < -0.4 is 4.74 Å². The maximum absolute atomic E-state index is 12.4. The Morgan fingerprint density at radius 1 is 1.35 bits per heavy atom. The van der Waals surface area contributed by atoms with E-state index in [4.69, 9.17) is 9.84 Å². The number of carbonyl (C=O) groups is 2. The molecule has 5 heteroatoms. The summed E-state index contributed by atoms with van der Waals surface area (Å²) in [4.78, 5) is 24.9. The molecular weight excluding hydrogens is 258 g/mol. The minimum Gasteiger partial charge on any atom is -0.497 e. The summed E-state index contributed by atoms with van der Waals surface area (Å²) in [5, 5.41) is 8.85. The molecule has 1 aliphatic rings. The smallest absolute Gasteiger partial charge is 0.303 e. The lowest BCUT2D eigenvalue weighted by atomic mass is 9.94. The van der Waals surface area contributed by atoms with Gasteiger partial charge in [-0.3, -0.25) is 9.59 Å². The molecule has 1 amide bonds. The van der Waals surface area contributed by atoms with E-state index >= 15 is 0 Å². The van der Waals surface area contributed by atoms with E-state index in [1.165, 1.54) is 0 Å². The standard InChI is InChI=1S/C15H19NO4/c1-20-13-6-4-12(5-7-13)15(19)16-8-2-3-11(10-16)9-14(17)18/h4-7,11H,2-3,8-10H2,1H3,(H,17,18). The fraction of sp³-hybridized carbons (Fsp3) is 0.467. The Hall–Kier alpha value is -2.04. The number of ether oxygens (including phenoxy) is 1. The van der Waals surface area contributed by atoms with Gasteiger partial charge in [-0.1, -0.05) is 0 Å². The van der Waals surface area contributed by atoms with E-state index in [2.05, 4.69) is 0 Å². The SMILES string of the molecule is COc1ccc(C(=O)N2CCCC(CC(=O)O)C2)cc1. The Balaban J connectivity index is 2.02. The molecule has 1 aromatic carbocycles. The molecule has 1 N–H and O–H groups in total. The van der Waals surface area contributed by atoms with E-state index in [9.17, 15) is 9.59 Å². The number of benzene rings is 1. The summed E-state index contributed by atoms with van der Waals surface area (Å²) in [7, 11) is 1.58. The van der Waals surface area contributed by atoms with E-state index < -0.39 is 5.97 Å². The molecule has 1 heterocycles. The highest BCUT2D eigenvalue weighted by molar-refractivity contribution is 5.94. The average Bonchev–Trinajstić information content (AvgIpc) is 2.46. The molecule has 0 aromatic heterocycles. The highest BCUT2D eigenvalue weighted by Gasteiger charge is 2.25. The number of hydrogen-bond donors (Lipinski definition) is 1. The second-order valence-electron chi connectivity index (χ2n) is 5.09. The fourth-order valence-corrected chi connectivity index (χ4v) is 2.58. The molecule has 0 spiro atoms. The van der Waals surface area contributed by atoms with Crippen LogP contribution in [0.5, 0.6) is 5.75 Å². The maximum atomic E-state index is 12.4. The summed E-state index contributed by atoms with van der Waals surface area (Å²) < 4.78 is 5.07. The zero-order valence-corrected chi connectivity index (χ0v) is 11.5. The molecular formula is C15H19NO4. The third-order valence-electron chi connectivity index (χ3n) is 3.61. The molecule has 0 radical (unpaired) electrons.